The zero-order chi connectivity index (χ0) is 46.4. The number of hydrogen-bond donors (Lipinski definition) is 2. The molecule has 0 fully saturated rings. The second-order valence-electron chi connectivity index (χ2n) is 19.2. The van der Waals surface area contributed by atoms with Crippen molar-refractivity contribution in [2.45, 2.75) is 251 Å². The lowest BCUT2D eigenvalue weighted by atomic mass is 10.0. The number of likely N-dealkylation sites (N-methyl/N-ethyl adjacent to an activating group) is 1. The summed E-state index contributed by atoms with van der Waals surface area (Å²) < 4.78 is 23.2. The number of nitrogens with one attached hydrogen (secondary N) is 1. The van der Waals surface area contributed by atoms with Crippen LogP contribution >= 0.6 is 7.82 Å². The van der Waals surface area contributed by atoms with Crippen molar-refractivity contribution in [1.82, 2.24) is 5.32 Å². The van der Waals surface area contributed by atoms with Gasteiger partial charge in [0, 0.05) is 6.42 Å². The minimum absolute atomic E-state index is 0.0103. The molecule has 0 aromatic carbocycles. The average molecular weight is 907 g/mol. The van der Waals surface area contributed by atoms with Gasteiger partial charge in [-0.25, -0.2) is 0 Å². The van der Waals surface area contributed by atoms with Gasteiger partial charge in [0.15, 0.2) is 0 Å². The van der Waals surface area contributed by atoms with Crippen molar-refractivity contribution >= 4 is 13.7 Å². The first kappa shape index (κ1) is 61.5. The molecule has 0 aliphatic rings. The van der Waals surface area contributed by atoms with Crippen LogP contribution in [0.1, 0.15) is 239 Å². The van der Waals surface area contributed by atoms with E-state index in [-0.39, 0.29) is 12.5 Å². The van der Waals surface area contributed by atoms with Crippen LogP contribution in [0.15, 0.2) is 48.6 Å². The summed E-state index contributed by atoms with van der Waals surface area (Å²) >= 11 is 0. The summed E-state index contributed by atoms with van der Waals surface area (Å²) in [4.78, 5) is 25.3. The van der Waals surface area contributed by atoms with Crippen LogP contribution in [0, 0.1) is 0 Å². The highest BCUT2D eigenvalue weighted by Crippen LogP contribution is 2.38. The van der Waals surface area contributed by atoms with Crippen molar-refractivity contribution in [3.63, 3.8) is 0 Å². The fourth-order valence-electron chi connectivity index (χ4n) is 7.56. The van der Waals surface area contributed by atoms with Crippen LogP contribution in [0.2, 0.25) is 0 Å². The Hall–Kier alpha value is -1.54. The molecule has 0 radical (unpaired) electrons. The van der Waals surface area contributed by atoms with Gasteiger partial charge in [0.05, 0.1) is 39.9 Å². The van der Waals surface area contributed by atoms with Gasteiger partial charge in [-0.3, -0.25) is 9.36 Å². The number of carbonyl (C=O) groups excluding carboxylic acids is 1. The maximum atomic E-state index is 12.9. The predicted octanol–water partition coefficient (Wildman–Crippen LogP) is 15.0. The normalized spacial score (nSPS) is 14.5. The number of aliphatic hydroxyl groups is 1. The molecule has 0 bridgehead atoms. The Labute approximate surface area is 390 Å². The molecule has 3 unspecified atom stereocenters. The molecule has 0 heterocycles. The standard InChI is InChI=1S/C54H103N2O6P/c1-6-8-10-12-14-16-18-20-21-22-23-24-25-26-27-28-29-30-31-32-33-34-36-37-39-41-43-45-47-53(57)52(51-62-63(59,60)61-50-49-56(3,4)5)55-54(58)48-46-44-42-40-38-35-19-17-15-13-11-9-7-2/h11,13,17,19,37,39,45,47,52-53,57H,6-10,12,14-16,18,20-36,38,40-44,46,48-51H2,1-5H3,(H-,55,58,59,60)/b13-11-,19-17-,39-37+,47-45+. The molecule has 370 valence electrons. The molecule has 63 heavy (non-hydrogen) atoms. The molecule has 0 aromatic rings. The second kappa shape index (κ2) is 45.6. The number of unbranched alkanes of at least 4 members (excludes halogenated alkanes) is 29. The molecule has 2 N–H and O–H groups in total. The molecular formula is C54H103N2O6P. The third-order valence-electron chi connectivity index (χ3n) is 11.7. The zero-order valence-electron chi connectivity index (χ0n) is 42.0. The molecule has 0 rings (SSSR count). The Bertz CT molecular complexity index is 1170. The number of carbonyl (C=O) groups is 1. The van der Waals surface area contributed by atoms with E-state index in [0.717, 1.165) is 70.6 Å². The van der Waals surface area contributed by atoms with E-state index in [1.165, 1.54) is 148 Å². The van der Waals surface area contributed by atoms with E-state index in [4.69, 9.17) is 9.05 Å². The topological polar surface area (TPSA) is 108 Å². The van der Waals surface area contributed by atoms with Crippen molar-refractivity contribution in [3.05, 3.63) is 48.6 Å². The third-order valence-corrected chi connectivity index (χ3v) is 12.7. The monoisotopic (exact) mass is 907 g/mol. The Kier molecular flexibility index (Phi) is 44.5. The Morgan fingerprint density at radius 2 is 0.968 bits per heavy atom. The van der Waals surface area contributed by atoms with Gasteiger partial charge in [-0.15, -0.1) is 0 Å². The van der Waals surface area contributed by atoms with Gasteiger partial charge in [0.1, 0.15) is 13.2 Å². The number of allylic oxidation sites excluding steroid dienone is 7. The fourth-order valence-corrected chi connectivity index (χ4v) is 8.28. The van der Waals surface area contributed by atoms with Gasteiger partial charge in [0.25, 0.3) is 7.82 Å². The van der Waals surface area contributed by atoms with E-state index in [1.54, 1.807) is 6.08 Å². The van der Waals surface area contributed by atoms with E-state index in [9.17, 15) is 19.4 Å². The van der Waals surface area contributed by atoms with Crippen molar-refractivity contribution in [1.29, 1.82) is 0 Å². The molecular weight excluding hydrogens is 804 g/mol. The second-order valence-corrected chi connectivity index (χ2v) is 20.6. The van der Waals surface area contributed by atoms with Crippen LogP contribution in [-0.2, 0) is 18.4 Å². The lowest BCUT2D eigenvalue weighted by Gasteiger charge is -2.29. The minimum atomic E-state index is -4.60. The van der Waals surface area contributed by atoms with E-state index in [2.05, 4.69) is 55.6 Å². The van der Waals surface area contributed by atoms with E-state index < -0.39 is 26.6 Å². The number of amides is 1. The largest absolute Gasteiger partial charge is 0.756 e. The lowest BCUT2D eigenvalue weighted by molar-refractivity contribution is -0.870. The Morgan fingerprint density at radius 3 is 1.44 bits per heavy atom. The van der Waals surface area contributed by atoms with Crippen molar-refractivity contribution in [2.24, 2.45) is 0 Å². The number of quaternary nitrogens is 1. The summed E-state index contributed by atoms with van der Waals surface area (Å²) in [6.07, 6.45) is 59.1. The molecule has 8 nitrogen and oxygen atoms in total. The Morgan fingerprint density at radius 1 is 0.556 bits per heavy atom. The highest BCUT2D eigenvalue weighted by molar-refractivity contribution is 7.45. The summed E-state index contributed by atoms with van der Waals surface area (Å²) in [5, 5.41) is 13.8. The molecule has 0 saturated carbocycles. The smallest absolute Gasteiger partial charge is 0.268 e. The highest BCUT2D eigenvalue weighted by atomic mass is 31.2. The number of hydrogen-bond acceptors (Lipinski definition) is 6. The molecule has 0 aliphatic heterocycles. The number of aliphatic hydroxyl groups excluding tert-OH is 1. The van der Waals surface area contributed by atoms with Crippen molar-refractivity contribution in [3.8, 4) is 0 Å². The quantitative estimate of drug-likeness (QED) is 0.0272. The van der Waals surface area contributed by atoms with Crippen LogP contribution in [0.5, 0.6) is 0 Å². The fraction of sp³-hybridized carbons (Fsp3) is 0.833. The van der Waals surface area contributed by atoms with Crippen molar-refractivity contribution < 1.29 is 32.9 Å². The molecule has 0 saturated heterocycles. The lowest BCUT2D eigenvalue weighted by Crippen LogP contribution is -2.45. The van der Waals surface area contributed by atoms with Gasteiger partial charge < -0.3 is 28.8 Å². The molecule has 0 spiro atoms. The molecule has 0 aliphatic carbocycles. The summed E-state index contributed by atoms with van der Waals surface area (Å²) in [7, 11) is 1.23. The van der Waals surface area contributed by atoms with Crippen LogP contribution in [0.25, 0.3) is 0 Å². The van der Waals surface area contributed by atoms with Crippen molar-refractivity contribution in [2.75, 3.05) is 40.9 Å². The van der Waals surface area contributed by atoms with Crippen LogP contribution in [0.4, 0.5) is 0 Å². The number of phosphoric ester groups is 1. The summed E-state index contributed by atoms with van der Waals surface area (Å²) in [5.74, 6) is -0.222. The van der Waals surface area contributed by atoms with Crippen LogP contribution in [-0.4, -0.2) is 68.5 Å². The number of nitrogens with zero attached hydrogens (tertiary/aromatic N) is 1. The van der Waals surface area contributed by atoms with Gasteiger partial charge >= 0.3 is 0 Å². The van der Waals surface area contributed by atoms with Gasteiger partial charge in [-0.1, -0.05) is 223 Å². The highest BCUT2D eigenvalue weighted by Gasteiger charge is 2.23. The van der Waals surface area contributed by atoms with E-state index >= 15 is 0 Å². The summed E-state index contributed by atoms with van der Waals surface area (Å²) in [5.41, 5.74) is 0. The number of phosphoric acid groups is 1. The third kappa shape index (κ3) is 48.2. The average Bonchev–Trinajstić information content (AvgIpc) is 3.24. The molecule has 3 atom stereocenters. The first-order chi connectivity index (χ1) is 30.5. The first-order valence-corrected chi connectivity index (χ1v) is 28.0. The molecule has 1 amide bonds. The zero-order valence-corrected chi connectivity index (χ0v) is 42.9. The van der Waals surface area contributed by atoms with Gasteiger partial charge in [0.2, 0.25) is 5.91 Å². The van der Waals surface area contributed by atoms with Crippen LogP contribution in [0.3, 0.4) is 0 Å². The summed E-state index contributed by atoms with van der Waals surface area (Å²) in [6.45, 7) is 4.56. The Balaban J connectivity index is 4.22. The molecule has 9 heteroatoms. The van der Waals surface area contributed by atoms with E-state index in [0.29, 0.717) is 17.4 Å². The van der Waals surface area contributed by atoms with Crippen LogP contribution < -0.4 is 10.2 Å². The number of rotatable bonds is 48. The van der Waals surface area contributed by atoms with E-state index in [1.807, 2.05) is 27.2 Å². The maximum absolute atomic E-state index is 12.9. The SMILES string of the molecule is CCC/C=C\C/C=C\CCCCCCCC(=O)NC(COP(=O)([O-])OCC[N+](C)(C)C)C(O)/C=C/CC/C=C/CCCCCCCCCCCCCCCCCCCCCCCC. The minimum Gasteiger partial charge on any atom is -0.756 e. The maximum Gasteiger partial charge on any atom is 0.268 e. The van der Waals surface area contributed by atoms with Gasteiger partial charge in [-0.05, 0) is 57.8 Å². The molecule has 0 aromatic heterocycles. The first-order valence-electron chi connectivity index (χ1n) is 26.5. The predicted molar refractivity (Wildman–Crippen MR) is 270 cm³/mol. The summed E-state index contributed by atoms with van der Waals surface area (Å²) in [6, 6.07) is -0.911. The van der Waals surface area contributed by atoms with Gasteiger partial charge in [-0.2, -0.15) is 0 Å².